The van der Waals surface area contributed by atoms with Gasteiger partial charge >= 0.3 is 0 Å². The Morgan fingerprint density at radius 1 is 0.647 bits per heavy atom. The van der Waals surface area contributed by atoms with Gasteiger partial charge in [-0.15, -0.1) is 0 Å². The normalized spacial score (nSPS) is 14.0. The summed E-state index contributed by atoms with van der Waals surface area (Å²) in [6.07, 6.45) is 0. The number of hydrogen-bond acceptors (Lipinski definition) is 7. The van der Waals surface area contributed by atoms with E-state index >= 15 is 0 Å². The fourth-order valence-electron chi connectivity index (χ4n) is 3.50. The van der Waals surface area contributed by atoms with Gasteiger partial charge in [-0.05, 0) is 35.4 Å². The number of nitrogens with one attached hydrogen (secondary N) is 2. The fraction of sp³-hybridized carbons (Fsp3) is 0.259. The minimum Gasteiger partial charge on any atom is -0.493 e. The van der Waals surface area contributed by atoms with Crippen molar-refractivity contribution in [3.05, 3.63) is 78.9 Å². The molecule has 0 aromatic heterocycles. The molecule has 2 N–H and O–H groups in total. The SMILES string of the molecule is COc1ccccc1OCC1=NCCN1.c1ccc(-c2ccc(OCC3=NCCN3)cc2)cc1. The second-order valence-corrected chi connectivity index (χ2v) is 7.63. The van der Waals surface area contributed by atoms with Crippen LogP contribution in [-0.4, -0.2) is 58.2 Å². The molecule has 176 valence electrons. The molecule has 7 heteroatoms. The summed E-state index contributed by atoms with van der Waals surface area (Å²) in [6.45, 7) is 4.51. The van der Waals surface area contributed by atoms with Gasteiger partial charge in [0, 0.05) is 13.1 Å². The topological polar surface area (TPSA) is 76.5 Å². The molecule has 3 aromatic carbocycles. The third-order valence-electron chi connectivity index (χ3n) is 5.26. The van der Waals surface area contributed by atoms with Gasteiger partial charge in [0.2, 0.25) is 0 Å². The molecule has 5 rings (SSSR count). The first-order valence-corrected chi connectivity index (χ1v) is 11.4. The summed E-state index contributed by atoms with van der Waals surface area (Å²) >= 11 is 0. The zero-order valence-electron chi connectivity index (χ0n) is 19.4. The van der Waals surface area contributed by atoms with Gasteiger partial charge in [0.05, 0.1) is 20.2 Å². The Morgan fingerprint density at radius 2 is 1.21 bits per heavy atom. The van der Waals surface area contributed by atoms with E-state index in [1.165, 1.54) is 11.1 Å². The maximum absolute atomic E-state index is 5.69. The Balaban J connectivity index is 0.000000166. The van der Waals surface area contributed by atoms with Crippen molar-refractivity contribution in [2.75, 3.05) is 46.5 Å². The lowest BCUT2D eigenvalue weighted by atomic mass is 10.1. The van der Waals surface area contributed by atoms with Gasteiger partial charge in [0.1, 0.15) is 30.6 Å². The zero-order chi connectivity index (χ0) is 23.4. The van der Waals surface area contributed by atoms with Gasteiger partial charge in [-0.25, -0.2) is 0 Å². The average molecular weight is 459 g/mol. The molecule has 0 saturated heterocycles. The predicted octanol–water partition coefficient (Wildman–Crippen LogP) is 3.81. The van der Waals surface area contributed by atoms with Crippen molar-refractivity contribution in [1.82, 2.24) is 10.6 Å². The Morgan fingerprint density at radius 3 is 1.79 bits per heavy atom. The molecule has 7 nitrogen and oxygen atoms in total. The maximum Gasteiger partial charge on any atom is 0.161 e. The first kappa shape index (κ1) is 23.2. The third kappa shape index (κ3) is 6.75. The summed E-state index contributed by atoms with van der Waals surface area (Å²) in [6, 6.07) is 26.1. The van der Waals surface area contributed by atoms with E-state index < -0.39 is 0 Å². The summed E-state index contributed by atoms with van der Waals surface area (Å²) in [5, 5.41) is 6.34. The van der Waals surface area contributed by atoms with Gasteiger partial charge in [0.15, 0.2) is 11.5 Å². The Bertz CT molecular complexity index is 1100. The summed E-state index contributed by atoms with van der Waals surface area (Å²) in [5.41, 5.74) is 2.42. The van der Waals surface area contributed by atoms with E-state index in [9.17, 15) is 0 Å². The number of amidine groups is 2. The van der Waals surface area contributed by atoms with Gasteiger partial charge in [-0.3, -0.25) is 9.98 Å². The summed E-state index contributed by atoms with van der Waals surface area (Å²) in [5.74, 6) is 4.21. The molecule has 0 radical (unpaired) electrons. The van der Waals surface area contributed by atoms with Crippen molar-refractivity contribution in [2.24, 2.45) is 9.98 Å². The second-order valence-electron chi connectivity index (χ2n) is 7.63. The van der Waals surface area contributed by atoms with Crippen molar-refractivity contribution in [3.63, 3.8) is 0 Å². The predicted molar refractivity (Wildman–Crippen MR) is 136 cm³/mol. The first-order chi connectivity index (χ1) is 16.8. The van der Waals surface area contributed by atoms with E-state index in [4.69, 9.17) is 14.2 Å². The first-order valence-electron chi connectivity index (χ1n) is 11.4. The van der Waals surface area contributed by atoms with Crippen molar-refractivity contribution in [1.29, 1.82) is 0 Å². The van der Waals surface area contributed by atoms with Crippen molar-refractivity contribution in [3.8, 4) is 28.4 Å². The third-order valence-corrected chi connectivity index (χ3v) is 5.26. The molecule has 0 spiro atoms. The van der Waals surface area contributed by atoms with E-state index in [-0.39, 0.29) is 0 Å². The monoisotopic (exact) mass is 458 g/mol. The number of methoxy groups -OCH3 is 1. The number of hydrogen-bond donors (Lipinski definition) is 2. The molecular weight excluding hydrogens is 428 g/mol. The van der Waals surface area contributed by atoms with Crippen LogP contribution in [-0.2, 0) is 0 Å². The minimum absolute atomic E-state index is 0.473. The number of ether oxygens (including phenoxy) is 3. The number of rotatable bonds is 8. The number of aliphatic imine (C=N–C) groups is 2. The van der Waals surface area contributed by atoms with Crippen LogP contribution in [0.2, 0.25) is 0 Å². The molecular formula is C27H30N4O3. The molecule has 2 aliphatic rings. The van der Waals surface area contributed by atoms with Crippen LogP contribution < -0.4 is 24.8 Å². The van der Waals surface area contributed by atoms with E-state index in [1.807, 2.05) is 54.6 Å². The van der Waals surface area contributed by atoms with Crippen LogP contribution in [0.4, 0.5) is 0 Å². The Hall–Kier alpha value is -4.00. The summed E-state index contributed by atoms with van der Waals surface area (Å²) in [4.78, 5) is 8.54. The molecule has 0 unspecified atom stereocenters. The number of nitrogens with zero attached hydrogens (tertiary/aromatic N) is 2. The number of benzene rings is 3. The van der Waals surface area contributed by atoms with Crippen LogP contribution in [0.1, 0.15) is 0 Å². The zero-order valence-corrected chi connectivity index (χ0v) is 19.4. The van der Waals surface area contributed by atoms with Gasteiger partial charge < -0.3 is 24.8 Å². The molecule has 34 heavy (non-hydrogen) atoms. The molecule has 3 aromatic rings. The largest absolute Gasteiger partial charge is 0.493 e. The van der Waals surface area contributed by atoms with Crippen molar-refractivity contribution < 1.29 is 14.2 Å². The van der Waals surface area contributed by atoms with Crippen LogP contribution in [0, 0.1) is 0 Å². The molecule has 0 bridgehead atoms. The molecule has 0 atom stereocenters. The van der Waals surface area contributed by atoms with Crippen LogP contribution in [0.25, 0.3) is 11.1 Å². The van der Waals surface area contributed by atoms with Crippen LogP contribution in [0.5, 0.6) is 17.2 Å². The summed E-state index contributed by atoms with van der Waals surface area (Å²) < 4.78 is 16.5. The smallest absolute Gasteiger partial charge is 0.161 e. The molecule has 0 amide bonds. The standard InChI is InChI=1S/C16H16N2O.C11H14N2O2/c1-2-4-13(5-3-1)14-6-8-15(9-7-14)19-12-16-17-10-11-18-16;1-14-9-4-2-3-5-10(9)15-8-11-12-6-7-13-11/h1-9H,10-12H2,(H,17,18);2-5H,6-8H2,1H3,(H,12,13). The van der Waals surface area contributed by atoms with E-state index in [1.54, 1.807) is 7.11 Å². The molecule has 0 fully saturated rings. The molecule has 0 aliphatic carbocycles. The highest BCUT2D eigenvalue weighted by Gasteiger charge is 2.08. The lowest BCUT2D eigenvalue weighted by molar-refractivity contribution is 0.333. The highest BCUT2D eigenvalue weighted by molar-refractivity contribution is 5.85. The average Bonchev–Trinajstić information content (AvgIpc) is 3.62. The van der Waals surface area contributed by atoms with Crippen molar-refractivity contribution in [2.45, 2.75) is 0 Å². The van der Waals surface area contributed by atoms with Gasteiger partial charge in [-0.2, -0.15) is 0 Å². The Kier molecular flexibility index (Phi) is 8.38. The van der Waals surface area contributed by atoms with Crippen LogP contribution in [0.15, 0.2) is 88.8 Å². The number of para-hydroxylation sites is 2. The highest BCUT2D eigenvalue weighted by Crippen LogP contribution is 2.25. The summed E-state index contributed by atoms with van der Waals surface area (Å²) in [7, 11) is 1.63. The molecule has 2 aliphatic heterocycles. The van der Waals surface area contributed by atoms with Crippen LogP contribution in [0.3, 0.4) is 0 Å². The Labute approximate surface area is 200 Å². The maximum atomic E-state index is 5.69. The second kappa shape index (κ2) is 12.3. The highest BCUT2D eigenvalue weighted by atomic mass is 16.5. The van der Waals surface area contributed by atoms with E-state index in [2.05, 4.69) is 44.9 Å². The van der Waals surface area contributed by atoms with Crippen molar-refractivity contribution >= 4 is 11.7 Å². The van der Waals surface area contributed by atoms with Gasteiger partial charge in [0.25, 0.3) is 0 Å². The van der Waals surface area contributed by atoms with E-state index in [0.717, 1.165) is 55.1 Å². The molecule has 0 saturated carbocycles. The quantitative estimate of drug-likeness (QED) is 0.537. The lowest BCUT2D eigenvalue weighted by Crippen LogP contribution is -2.24. The van der Waals surface area contributed by atoms with Gasteiger partial charge in [-0.1, -0.05) is 54.6 Å². The minimum atomic E-state index is 0.473. The molecule has 2 heterocycles. The van der Waals surface area contributed by atoms with E-state index in [0.29, 0.717) is 13.2 Å². The van der Waals surface area contributed by atoms with Crippen LogP contribution >= 0.6 is 0 Å². The fourth-order valence-corrected chi connectivity index (χ4v) is 3.50. The lowest BCUT2D eigenvalue weighted by Gasteiger charge is -2.10.